The van der Waals surface area contributed by atoms with E-state index in [0.29, 0.717) is 0 Å². The molecule has 0 unspecified atom stereocenters. The second-order valence-electron chi connectivity index (χ2n) is 5.63. The lowest BCUT2D eigenvalue weighted by atomic mass is 10.1. The van der Waals surface area contributed by atoms with Gasteiger partial charge in [-0.1, -0.05) is 12.1 Å². The number of carbonyl (C=O) groups is 1. The number of carbonyl (C=O) groups excluding carboxylic acids is 1. The highest BCUT2D eigenvalue weighted by molar-refractivity contribution is 14.1. The molecule has 1 amide bonds. The number of methoxy groups -OCH3 is 1. The molecule has 0 radical (unpaired) electrons. The first kappa shape index (κ1) is 19.2. The van der Waals surface area contributed by atoms with Gasteiger partial charge in [-0.2, -0.15) is 5.10 Å². The molecule has 2 aromatic carbocycles. The maximum absolute atomic E-state index is 11.9. The zero-order valence-electron chi connectivity index (χ0n) is 14.7. The molecule has 1 N–H and O–H groups in total. The first-order chi connectivity index (χ1) is 11.9. The zero-order valence-corrected chi connectivity index (χ0v) is 16.9. The van der Waals surface area contributed by atoms with E-state index in [-0.39, 0.29) is 12.5 Å². The molecule has 0 aliphatic heterocycles. The van der Waals surface area contributed by atoms with Crippen LogP contribution in [-0.4, -0.2) is 25.8 Å². The fourth-order valence-corrected chi connectivity index (χ4v) is 3.02. The van der Waals surface area contributed by atoms with E-state index >= 15 is 0 Å². The van der Waals surface area contributed by atoms with Crippen molar-refractivity contribution in [2.75, 3.05) is 13.7 Å². The Balaban J connectivity index is 1.91. The minimum atomic E-state index is -0.306. The van der Waals surface area contributed by atoms with Crippen molar-refractivity contribution in [2.24, 2.45) is 5.10 Å². The molecule has 6 heteroatoms. The van der Waals surface area contributed by atoms with Crippen molar-refractivity contribution in [3.63, 3.8) is 0 Å². The monoisotopic (exact) mass is 452 g/mol. The summed E-state index contributed by atoms with van der Waals surface area (Å²) >= 11 is 2.19. The second-order valence-corrected chi connectivity index (χ2v) is 6.79. The Hall–Kier alpha value is -2.09. The van der Waals surface area contributed by atoms with E-state index in [2.05, 4.69) is 33.1 Å². The van der Waals surface area contributed by atoms with Crippen LogP contribution in [0.4, 0.5) is 0 Å². The van der Waals surface area contributed by atoms with Crippen molar-refractivity contribution < 1.29 is 14.3 Å². The van der Waals surface area contributed by atoms with Crippen LogP contribution in [0.15, 0.2) is 35.4 Å². The molecule has 132 valence electrons. The molecule has 2 aromatic rings. The van der Waals surface area contributed by atoms with Gasteiger partial charge in [0.05, 0.1) is 16.9 Å². The molecule has 0 atom stereocenters. The van der Waals surface area contributed by atoms with Gasteiger partial charge in [-0.15, -0.1) is 0 Å². The van der Waals surface area contributed by atoms with Gasteiger partial charge in [-0.25, -0.2) is 5.43 Å². The number of hydrazone groups is 1. The molecule has 0 spiro atoms. The summed E-state index contributed by atoms with van der Waals surface area (Å²) in [7, 11) is 1.63. The van der Waals surface area contributed by atoms with Crippen LogP contribution in [0.1, 0.15) is 22.3 Å². The molecule has 5 nitrogen and oxygen atoms in total. The van der Waals surface area contributed by atoms with Gasteiger partial charge >= 0.3 is 0 Å². The molecule has 0 fully saturated rings. The Morgan fingerprint density at radius 2 is 1.92 bits per heavy atom. The van der Waals surface area contributed by atoms with Crippen LogP contribution in [0.2, 0.25) is 0 Å². The molecule has 0 aliphatic rings. The lowest BCUT2D eigenvalue weighted by Gasteiger charge is -2.13. The predicted octanol–water partition coefficient (Wildman–Crippen LogP) is 3.75. The summed E-state index contributed by atoms with van der Waals surface area (Å²) in [5.74, 6) is 1.25. The maximum atomic E-state index is 11.9. The van der Waals surface area contributed by atoms with Crippen LogP contribution >= 0.6 is 22.6 Å². The van der Waals surface area contributed by atoms with E-state index < -0.39 is 0 Å². The van der Waals surface area contributed by atoms with Gasteiger partial charge in [0.25, 0.3) is 5.91 Å². The van der Waals surface area contributed by atoms with E-state index in [1.54, 1.807) is 13.3 Å². The quantitative estimate of drug-likeness (QED) is 0.413. The van der Waals surface area contributed by atoms with Gasteiger partial charge in [0.15, 0.2) is 6.61 Å². The average molecular weight is 452 g/mol. The van der Waals surface area contributed by atoms with Gasteiger partial charge in [0.2, 0.25) is 0 Å². The van der Waals surface area contributed by atoms with Crippen molar-refractivity contribution in [1.29, 1.82) is 0 Å². The van der Waals surface area contributed by atoms with Crippen LogP contribution in [0, 0.1) is 24.3 Å². The minimum absolute atomic E-state index is 0.0807. The normalized spacial score (nSPS) is 10.8. The van der Waals surface area contributed by atoms with E-state index in [1.165, 1.54) is 0 Å². The third-order valence-corrected chi connectivity index (χ3v) is 4.64. The number of rotatable bonds is 6. The maximum Gasteiger partial charge on any atom is 0.277 e. The van der Waals surface area contributed by atoms with E-state index in [1.807, 2.05) is 51.1 Å². The van der Waals surface area contributed by atoms with Gasteiger partial charge in [0.1, 0.15) is 11.5 Å². The van der Waals surface area contributed by atoms with Gasteiger partial charge in [-0.3, -0.25) is 4.79 Å². The fourth-order valence-electron chi connectivity index (χ4n) is 2.26. The average Bonchev–Trinajstić information content (AvgIpc) is 2.58. The predicted molar refractivity (Wildman–Crippen MR) is 108 cm³/mol. The number of aryl methyl sites for hydroxylation is 2. The van der Waals surface area contributed by atoms with Crippen LogP contribution in [0.3, 0.4) is 0 Å². The van der Waals surface area contributed by atoms with Crippen molar-refractivity contribution in [1.82, 2.24) is 5.43 Å². The Kier molecular flexibility index (Phi) is 6.81. The summed E-state index contributed by atoms with van der Waals surface area (Å²) in [6, 6.07) is 9.67. The number of hydrogen-bond donors (Lipinski definition) is 1. The number of nitrogens with one attached hydrogen (secondary N) is 1. The summed E-state index contributed by atoms with van der Waals surface area (Å²) in [4.78, 5) is 11.9. The van der Waals surface area contributed by atoms with E-state index in [0.717, 1.165) is 37.3 Å². The molecule has 25 heavy (non-hydrogen) atoms. The number of benzene rings is 2. The fraction of sp³-hybridized carbons (Fsp3) is 0.263. The second kappa shape index (κ2) is 8.84. The minimum Gasteiger partial charge on any atom is -0.496 e. The number of ether oxygens (including phenoxy) is 2. The van der Waals surface area contributed by atoms with E-state index in [9.17, 15) is 4.79 Å². The molecule has 0 aliphatic carbocycles. The number of nitrogens with zero attached hydrogens (tertiary/aromatic N) is 1. The summed E-state index contributed by atoms with van der Waals surface area (Å²) in [5, 5.41) is 3.96. The first-order valence-corrected chi connectivity index (χ1v) is 8.85. The Morgan fingerprint density at radius 3 is 2.60 bits per heavy atom. The molecule has 0 saturated heterocycles. The third-order valence-electron chi connectivity index (χ3n) is 3.80. The largest absolute Gasteiger partial charge is 0.496 e. The molecular formula is C19H21IN2O3. The van der Waals surface area contributed by atoms with Crippen LogP contribution < -0.4 is 14.9 Å². The molecule has 2 rings (SSSR count). The number of halogens is 1. The van der Waals surface area contributed by atoms with E-state index in [4.69, 9.17) is 9.47 Å². The SMILES string of the molecule is COc1ccc(/C=N/NC(=O)COc2c(C)ccc(C)c2C)cc1I. The molecule has 0 saturated carbocycles. The van der Waals surface area contributed by atoms with Crippen LogP contribution in [-0.2, 0) is 4.79 Å². The third kappa shape index (κ3) is 5.19. The lowest BCUT2D eigenvalue weighted by molar-refractivity contribution is -0.123. The van der Waals surface area contributed by atoms with Gasteiger partial charge in [-0.05, 0) is 83.8 Å². The summed E-state index contributed by atoms with van der Waals surface area (Å²) in [5.41, 5.74) is 6.53. The summed E-state index contributed by atoms with van der Waals surface area (Å²) < 4.78 is 11.8. The van der Waals surface area contributed by atoms with Crippen molar-refractivity contribution in [2.45, 2.75) is 20.8 Å². The summed E-state index contributed by atoms with van der Waals surface area (Å²) in [6.07, 6.45) is 1.59. The number of amides is 1. The highest BCUT2D eigenvalue weighted by Gasteiger charge is 2.08. The highest BCUT2D eigenvalue weighted by atomic mass is 127. The van der Waals surface area contributed by atoms with Crippen molar-refractivity contribution in [3.8, 4) is 11.5 Å². The Morgan fingerprint density at radius 1 is 1.20 bits per heavy atom. The lowest BCUT2D eigenvalue weighted by Crippen LogP contribution is -2.25. The van der Waals surface area contributed by atoms with Crippen LogP contribution in [0.25, 0.3) is 0 Å². The Labute approximate surface area is 161 Å². The zero-order chi connectivity index (χ0) is 18.4. The molecular weight excluding hydrogens is 431 g/mol. The van der Waals surface area contributed by atoms with Crippen molar-refractivity contribution >= 4 is 34.7 Å². The van der Waals surface area contributed by atoms with Gasteiger partial charge in [0, 0.05) is 0 Å². The molecule has 0 aromatic heterocycles. The highest BCUT2D eigenvalue weighted by Crippen LogP contribution is 2.25. The molecule has 0 bridgehead atoms. The topological polar surface area (TPSA) is 59.9 Å². The van der Waals surface area contributed by atoms with Crippen LogP contribution in [0.5, 0.6) is 11.5 Å². The summed E-state index contributed by atoms with van der Waals surface area (Å²) in [6.45, 7) is 5.88. The van der Waals surface area contributed by atoms with Gasteiger partial charge < -0.3 is 9.47 Å². The first-order valence-electron chi connectivity index (χ1n) is 7.77. The van der Waals surface area contributed by atoms with Crippen molar-refractivity contribution in [3.05, 3.63) is 56.2 Å². The number of hydrogen-bond acceptors (Lipinski definition) is 4. The standard InChI is InChI=1S/C19H21IN2O3/c1-12-5-6-13(2)19(14(12)3)25-11-18(23)22-21-10-15-7-8-17(24-4)16(20)9-15/h5-10H,11H2,1-4H3,(H,22,23)/b21-10+. The molecule has 0 heterocycles. The Bertz CT molecular complexity index is 803. The smallest absolute Gasteiger partial charge is 0.277 e.